The van der Waals surface area contributed by atoms with Crippen LogP contribution in [-0.4, -0.2) is 12.1 Å². The molecule has 12 heavy (non-hydrogen) atoms. The van der Waals surface area contributed by atoms with E-state index in [9.17, 15) is 0 Å². The third kappa shape index (κ3) is 2.02. The lowest BCUT2D eigenvalue weighted by Crippen LogP contribution is -1.95. The van der Waals surface area contributed by atoms with Crippen LogP contribution in [0.15, 0.2) is 12.3 Å². The van der Waals surface area contributed by atoms with Gasteiger partial charge in [-0.2, -0.15) is 0 Å². The second-order valence-electron chi connectivity index (χ2n) is 2.37. The van der Waals surface area contributed by atoms with Crippen molar-refractivity contribution in [1.29, 1.82) is 0 Å². The topological polar surface area (TPSA) is 22.1 Å². The fourth-order valence-electron chi connectivity index (χ4n) is 0.898. The second-order valence-corrected chi connectivity index (χ2v) is 3.46. The molecule has 1 unspecified atom stereocenters. The zero-order valence-electron chi connectivity index (χ0n) is 6.84. The summed E-state index contributed by atoms with van der Waals surface area (Å²) >= 11 is 11.6. The monoisotopic (exact) mass is 205 g/mol. The van der Waals surface area contributed by atoms with Gasteiger partial charge in [0.05, 0.1) is 17.5 Å². The van der Waals surface area contributed by atoms with E-state index in [1.807, 2.05) is 6.92 Å². The van der Waals surface area contributed by atoms with Crippen LogP contribution in [0.4, 0.5) is 0 Å². The minimum atomic E-state index is -0.147. The van der Waals surface area contributed by atoms with E-state index >= 15 is 0 Å². The quantitative estimate of drug-likeness (QED) is 0.693. The van der Waals surface area contributed by atoms with Crippen molar-refractivity contribution in [2.24, 2.45) is 0 Å². The van der Waals surface area contributed by atoms with Crippen molar-refractivity contribution in [3.05, 3.63) is 22.8 Å². The van der Waals surface area contributed by atoms with Crippen LogP contribution in [0.25, 0.3) is 0 Å². The summed E-state index contributed by atoms with van der Waals surface area (Å²) in [6.45, 7) is 1.84. The summed E-state index contributed by atoms with van der Waals surface area (Å²) in [5.41, 5.74) is 0.812. The predicted molar refractivity (Wildman–Crippen MR) is 50.1 cm³/mol. The Kier molecular flexibility index (Phi) is 3.18. The molecule has 0 amide bonds. The molecule has 0 bridgehead atoms. The van der Waals surface area contributed by atoms with E-state index in [0.29, 0.717) is 10.9 Å². The van der Waals surface area contributed by atoms with Crippen molar-refractivity contribution in [2.75, 3.05) is 7.11 Å². The maximum atomic E-state index is 5.88. The van der Waals surface area contributed by atoms with Gasteiger partial charge in [0.2, 0.25) is 5.88 Å². The van der Waals surface area contributed by atoms with E-state index in [0.717, 1.165) is 5.56 Å². The molecule has 1 aromatic rings. The molecule has 1 heterocycles. The molecule has 0 fully saturated rings. The molecule has 0 saturated carbocycles. The van der Waals surface area contributed by atoms with Crippen molar-refractivity contribution < 1.29 is 4.74 Å². The number of pyridine rings is 1. The average molecular weight is 206 g/mol. The highest BCUT2D eigenvalue weighted by atomic mass is 35.5. The third-order valence-electron chi connectivity index (χ3n) is 1.47. The minimum absolute atomic E-state index is 0.147. The third-order valence-corrected chi connectivity index (χ3v) is 1.91. The number of hydrogen-bond donors (Lipinski definition) is 0. The molecule has 0 aliphatic heterocycles. The highest BCUT2D eigenvalue weighted by molar-refractivity contribution is 6.30. The molecule has 2 nitrogen and oxygen atoms in total. The number of methoxy groups -OCH3 is 1. The Bertz CT molecular complexity index is 276. The maximum absolute atomic E-state index is 5.88. The van der Waals surface area contributed by atoms with E-state index < -0.39 is 0 Å². The van der Waals surface area contributed by atoms with E-state index in [2.05, 4.69) is 4.98 Å². The zero-order chi connectivity index (χ0) is 9.14. The van der Waals surface area contributed by atoms with Gasteiger partial charge in [0, 0.05) is 11.8 Å². The first-order valence-electron chi connectivity index (χ1n) is 3.48. The van der Waals surface area contributed by atoms with Gasteiger partial charge in [0.1, 0.15) is 0 Å². The second kappa shape index (κ2) is 3.97. The number of alkyl halides is 1. The summed E-state index contributed by atoms with van der Waals surface area (Å²) < 4.78 is 5.01. The van der Waals surface area contributed by atoms with Gasteiger partial charge in [-0.05, 0) is 13.0 Å². The summed E-state index contributed by atoms with van der Waals surface area (Å²) in [6.07, 6.45) is 1.53. The first-order valence-corrected chi connectivity index (χ1v) is 4.30. The number of nitrogens with zero attached hydrogens (tertiary/aromatic N) is 1. The molecule has 0 N–H and O–H groups in total. The fraction of sp³-hybridized carbons (Fsp3) is 0.375. The van der Waals surface area contributed by atoms with E-state index in [-0.39, 0.29) is 5.38 Å². The molecular formula is C8H9Cl2NO. The molecule has 1 atom stereocenters. The number of halogens is 2. The largest absolute Gasteiger partial charge is 0.481 e. The van der Waals surface area contributed by atoms with Crippen molar-refractivity contribution in [1.82, 2.24) is 4.98 Å². The van der Waals surface area contributed by atoms with Gasteiger partial charge in [-0.15, -0.1) is 11.6 Å². The van der Waals surface area contributed by atoms with E-state index in [4.69, 9.17) is 27.9 Å². The Balaban J connectivity index is 3.12. The van der Waals surface area contributed by atoms with Crippen molar-refractivity contribution in [2.45, 2.75) is 12.3 Å². The summed E-state index contributed by atoms with van der Waals surface area (Å²) in [5, 5.41) is 0.421. The van der Waals surface area contributed by atoms with Crippen molar-refractivity contribution >= 4 is 23.2 Å². The molecule has 0 aliphatic carbocycles. The Morgan fingerprint density at radius 1 is 1.58 bits per heavy atom. The van der Waals surface area contributed by atoms with Gasteiger partial charge in [-0.25, -0.2) is 4.98 Å². The summed E-state index contributed by atoms with van der Waals surface area (Å²) in [5.74, 6) is 0.530. The van der Waals surface area contributed by atoms with Crippen LogP contribution in [-0.2, 0) is 0 Å². The smallest absolute Gasteiger partial charge is 0.217 e. The van der Waals surface area contributed by atoms with Gasteiger partial charge in [-0.1, -0.05) is 11.6 Å². The first kappa shape index (κ1) is 9.62. The molecule has 1 rings (SSSR count). The lowest BCUT2D eigenvalue weighted by atomic mass is 10.2. The number of hydrogen-bond acceptors (Lipinski definition) is 2. The van der Waals surface area contributed by atoms with Crippen LogP contribution >= 0.6 is 23.2 Å². The first-order chi connectivity index (χ1) is 5.65. The molecule has 0 radical (unpaired) electrons. The Morgan fingerprint density at radius 2 is 2.25 bits per heavy atom. The molecule has 0 aromatic carbocycles. The average Bonchev–Trinajstić information content (AvgIpc) is 2.04. The molecule has 1 aromatic heterocycles. The normalized spacial score (nSPS) is 12.7. The zero-order valence-corrected chi connectivity index (χ0v) is 8.36. The molecule has 0 saturated heterocycles. The summed E-state index contributed by atoms with van der Waals surface area (Å²) in [4.78, 5) is 3.98. The van der Waals surface area contributed by atoms with E-state index in [1.165, 1.54) is 6.20 Å². The Morgan fingerprint density at radius 3 is 2.75 bits per heavy atom. The predicted octanol–water partition coefficient (Wildman–Crippen LogP) is 3.04. The van der Waals surface area contributed by atoms with Crippen LogP contribution in [0.1, 0.15) is 17.9 Å². The number of rotatable bonds is 2. The van der Waals surface area contributed by atoms with Crippen molar-refractivity contribution in [3.8, 4) is 5.88 Å². The van der Waals surface area contributed by atoms with Gasteiger partial charge >= 0.3 is 0 Å². The molecule has 0 aliphatic rings. The van der Waals surface area contributed by atoms with Crippen LogP contribution in [0, 0.1) is 0 Å². The highest BCUT2D eigenvalue weighted by Gasteiger charge is 2.10. The van der Waals surface area contributed by atoms with E-state index in [1.54, 1.807) is 13.2 Å². The van der Waals surface area contributed by atoms with Gasteiger partial charge in [0.15, 0.2) is 0 Å². The summed E-state index contributed by atoms with van der Waals surface area (Å²) in [7, 11) is 1.55. The lowest BCUT2D eigenvalue weighted by Gasteiger charge is -2.08. The SMILES string of the molecule is COc1ncc(Cl)cc1C(C)Cl. The summed E-state index contributed by atoms with van der Waals surface area (Å²) in [6, 6.07) is 1.76. The van der Waals surface area contributed by atoms with Gasteiger partial charge < -0.3 is 4.74 Å². The molecule has 66 valence electrons. The molecular weight excluding hydrogens is 197 g/mol. The molecule has 0 spiro atoms. The Labute approximate surface area is 81.5 Å². The van der Waals surface area contributed by atoms with Crippen molar-refractivity contribution in [3.63, 3.8) is 0 Å². The number of ether oxygens (including phenoxy) is 1. The highest BCUT2D eigenvalue weighted by Crippen LogP contribution is 2.29. The van der Waals surface area contributed by atoms with Crippen LogP contribution < -0.4 is 4.74 Å². The fourth-order valence-corrected chi connectivity index (χ4v) is 1.22. The lowest BCUT2D eigenvalue weighted by molar-refractivity contribution is 0.392. The minimum Gasteiger partial charge on any atom is -0.481 e. The van der Waals surface area contributed by atoms with Gasteiger partial charge in [-0.3, -0.25) is 0 Å². The van der Waals surface area contributed by atoms with Crippen LogP contribution in [0.2, 0.25) is 5.02 Å². The van der Waals surface area contributed by atoms with Gasteiger partial charge in [0.25, 0.3) is 0 Å². The van der Waals surface area contributed by atoms with Crippen LogP contribution in [0.5, 0.6) is 5.88 Å². The standard InChI is InChI=1S/C8H9Cl2NO/c1-5(9)7-3-6(10)4-11-8(7)12-2/h3-5H,1-2H3. The maximum Gasteiger partial charge on any atom is 0.217 e. The molecule has 4 heteroatoms. The number of aromatic nitrogens is 1. The van der Waals surface area contributed by atoms with Crippen LogP contribution in [0.3, 0.4) is 0 Å². The Hall–Kier alpha value is -0.470.